The summed E-state index contributed by atoms with van der Waals surface area (Å²) >= 11 is 19.8. The van der Waals surface area contributed by atoms with Crippen molar-refractivity contribution in [2.75, 3.05) is 12.4 Å². The number of methoxy groups -OCH3 is 1. The van der Waals surface area contributed by atoms with Crippen molar-refractivity contribution < 1.29 is 14.3 Å². The zero-order valence-corrected chi connectivity index (χ0v) is 18.1. The van der Waals surface area contributed by atoms with Crippen molar-refractivity contribution in [3.63, 3.8) is 0 Å². The highest BCUT2D eigenvalue weighted by Gasteiger charge is 2.36. The van der Waals surface area contributed by atoms with Crippen LogP contribution in [0.4, 0.5) is 5.00 Å². The van der Waals surface area contributed by atoms with Crippen molar-refractivity contribution in [3.05, 3.63) is 51.9 Å². The predicted octanol–water partition coefficient (Wildman–Crippen LogP) is 4.95. The van der Waals surface area contributed by atoms with Crippen LogP contribution >= 0.6 is 46.1 Å². The molecule has 1 aromatic carbocycles. The quantitative estimate of drug-likeness (QED) is 0.375. The minimum Gasteiger partial charge on any atom is -0.465 e. The van der Waals surface area contributed by atoms with Gasteiger partial charge in [-0.1, -0.05) is 53.0 Å². The molecule has 9 heteroatoms. The molecule has 0 saturated carbocycles. The highest BCUT2D eigenvalue weighted by atomic mass is 35.6. The first-order chi connectivity index (χ1) is 13.3. The highest BCUT2D eigenvalue weighted by Crippen LogP contribution is 2.40. The summed E-state index contributed by atoms with van der Waals surface area (Å²) in [4.78, 5) is 26.1. The van der Waals surface area contributed by atoms with E-state index in [1.807, 2.05) is 0 Å². The SMILES string of the molecule is COC(=O)c1c(N[C@@H](NC(=O)c2ccccc2)C(Cl)(Cl)Cl)sc2c1CCCC2. The molecule has 150 valence electrons. The summed E-state index contributed by atoms with van der Waals surface area (Å²) < 4.78 is 3.12. The normalized spacial score (nSPS) is 14.7. The first-order valence-electron chi connectivity index (χ1n) is 8.73. The van der Waals surface area contributed by atoms with Crippen LogP contribution in [0.3, 0.4) is 0 Å². The summed E-state index contributed by atoms with van der Waals surface area (Å²) in [5.41, 5.74) is 1.86. The lowest BCUT2D eigenvalue weighted by Gasteiger charge is -2.27. The molecule has 2 aromatic rings. The standard InChI is InChI=1S/C19H19Cl3N2O3S/c1-27-17(26)14-12-9-5-6-10-13(12)28-16(14)24-18(19(20,21)22)23-15(25)11-7-3-2-4-8-11/h2-4,7-8,18,24H,5-6,9-10H2,1H3,(H,23,25)/t18-/m1/s1. The van der Waals surface area contributed by atoms with Gasteiger partial charge < -0.3 is 15.4 Å². The van der Waals surface area contributed by atoms with Crippen LogP contribution in [0.5, 0.6) is 0 Å². The number of thiophene rings is 1. The Labute approximate surface area is 182 Å². The third kappa shape index (κ3) is 4.74. The molecule has 0 unspecified atom stereocenters. The molecule has 5 nitrogen and oxygen atoms in total. The van der Waals surface area contributed by atoms with Gasteiger partial charge in [-0.3, -0.25) is 4.79 Å². The summed E-state index contributed by atoms with van der Waals surface area (Å²) in [6.45, 7) is 0. The van der Waals surface area contributed by atoms with Crippen LogP contribution in [-0.4, -0.2) is 28.9 Å². The van der Waals surface area contributed by atoms with E-state index in [2.05, 4.69) is 10.6 Å². The maximum Gasteiger partial charge on any atom is 0.341 e. The van der Waals surface area contributed by atoms with Gasteiger partial charge in [-0.25, -0.2) is 4.79 Å². The molecule has 0 saturated heterocycles. The zero-order valence-electron chi connectivity index (χ0n) is 15.1. The summed E-state index contributed by atoms with van der Waals surface area (Å²) in [7, 11) is 1.34. The third-order valence-electron chi connectivity index (χ3n) is 4.47. The molecule has 1 atom stereocenters. The Morgan fingerprint density at radius 1 is 1.14 bits per heavy atom. The number of amides is 1. The third-order valence-corrected chi connectivity index (χ3v) is 6.35. The number of ether oxygens (including phenoxy) is 1. The van der Waals surface area contributed by atoms with Crippen LogP contribution in [0.1, 0.15) is 44.0 Å². The van der Waals surface area contributed by atoms with E-state index in [0.29, 0.717) is 16.1 Å². The molecule has 1 aliphatic carbocycles. The van der Waals surface area contributed by atoms with E-state index >= 15 is 0 Å². The van der Waals surface area contributed by atoms with Crippen LogP contribution in [-0.2, 0) is 17.6 Å². The number of hydrogen-bond acceptors (Lipinski definition) is 5. The van der Waals surface area contributed by atoms with Crippen molar-refractivity contribution in [3.8, 4) is 0 Å². The number of fused-ring (bicyclic) bond motifs is 1. The molecule has 1 amide bonds. The Bertz CT molecular complexity index is 865. The number of benzene rings is 1. The Kier molecular flexibility index (Phi) is 6.76. The first-order valence-corrected chi connectivity index (χ1v) is 10.7. The molecule has 0 fully saturated rings. The molecule has 0 spiro atoms. The fourth-order valence-corrected chi connectivity index (χ4v) is 4.75. The second-order valence-electron chi connectivity index (χ2n) is 6.37. The summed E-state index contributed by atoms with van der Waals surface area (Å²) in [6, 6.07) is 8.62. The Morgan fingerprint density at radius 2 is 1.82 bits per heavy atom. The van der Waals surface area contributed by atoms with Crippen molar-refractivity contribution >= 4 is 63.0 Å². The van der Waals surface area contributed by atoms with E-state index in [0.717, 1.165) is 36.1 Å². The maximum atomic E-state index is 12.5. The average Bonchev–Trinajstić information content (AvgIpc) is 3.04. The largest absolute Gasteiger partial charge is 0.465 e. The lowest BCUT2D eigenvalue weighted by molar-refractivity contribution is 0.0600. The molecular formula is C19H19Cl3N2O3S. The summed E-state index contributed by atoms with van der Waals surface area (Å²) in [6.07, 6.45) is 2.71. The Hall–Kier alpha value is -1.47. The monoisotopic (exact) mass is 460 g/mol. The van der Waals surface area contributed by atoms with E-state index in [-0.39, 0.29) is 0 Å². The fraction of sp³-hybridized carbons (Fsp3) is 0.368. The number of halogens is 3. The van der Waals surface area contributed by atoms with Crippen LogP contribution in [0.2, 0.25) is 0 Å². The van der Waals surface area contributed by atoms with Gasteiger partial charge >= 0.3 is 5.97 Å². The lowest BCUT2D eigenvalue weighted by atomic mass is 9.95. The number of carbonyl (C=O) groups excluding carboxylic acids is 2. The van der Waals surface area contributed by atoms with Gasteiger partial charge in [0.1, 0.15) is 11.2 Å². The number of hydrogen-bond donors (Lipinski definition) is 2. The molecule has 1 aromatic heterocycles. The number of aryl methyl sites for hydroxylation is 1. The number of alkyl halides is 3. The number of anilines is 1. The molecule has 28 heavy (non-hydrogen) atoms. The van der Waals surface area contributed by atoms with Gasteiger partial charge in [-0.15, -0.1) is 11.3 Å². The van der Waals surface area contributed by atoms with Crippen molar-refractivity contribution in [2.24, 2.45) is 0 Å². The van der Waals surface area contributed by atoms with E-state index in [9.17, 15) is 9.59 Å². The number of rotatable bonds is 5. The van der Waals surface area contributed by atoms with E-state index in [1.165, 1.54) is 18.4 Å². The first kappa shape index (κ1) is 21.2. The van der Waals surface area contributed by atoms with Crippen LogP contribution in [0.15, 0.2) is 30.3 Å². The zero-order chi connectivity index (χ0) is 20.3. The topological polar surface area (TPSA) is 67.4 Å². The highest BCUT2D eigenvalue weighted by molar-refractivity contribution is 7.16. The number of carbonyl (C=O) groups is 2. The molecule has 0 aliphatic heterocycles. The van der Waals surface area contributed by atoms with Crippen molar-refractivity contribution in [1.82, 2.24) is 5.32 Å². The average molecular weight is 462 g/mol. The minimum atomic E-state index is -1.84. The fourth-order valence-electron chi connectivity index (χ4n) is 3.12. The van der Waals surface area contributed by atoms with Crippen LogP contribution < -0.4 is 10.6 Å². The van der Waals surface area contributed by atoms with Gasteiger partial charge in [0, 0.05) is 10.4 Å². The van der Waals surface area contributed by atoms with E-state index in [1.54, 1.807) is 30.3 Å². The summed E-state index contributed by atoms with van der Waals surface area (Å²) in [5.74, 6) is -0.843. The van der Waals surface area contributed by atoms with E-state index in [4.69, 9.17) is 39.5 Å². The second kappa shape index (κ2) is 8.91. The lowest BCUT2D eigenvalue weighted by Crippen LogP contribution is -2.49. The van der Waals surface area contributed by atoms with Gasteiger partial charge in [0.25, 0.3) is 5.91 Å². The van der Waals surface area contributed by atoms with Crippen molar-refractivity contribution in [1.29, 1.82) is 0 Å². The van der Waals surface area contributed by atoms with Gasteiger partial charge in [0.15, 0.2) is 0 Å². The molecular weight excluding hydrogens is 443 g/mol. The van der Waals surface area contributed by atoms with E-state index < -0.39 is 21.8 Å². The Balaban J connectivity index is 1.90. The maximum absolute atomic E-state index is 12.5. The number of esters is 1. The van der Waals surface area contributed by atoms with Gasteiger partial charge in [0.05, 0.1) is 12.7 Å². The predicted molar refractivity (Wildman–Crippen MR) is 114 cm³/mol. The minimum absolute atomic E-state index is 0.398. The molecule has 3 rings (SSSR count). The van der Waals surface area contributed by atoms with Gasteiger partial charge in [-0.2, -0.15) is 0 Å². The smallest absolute Gasteiger partial charge is 0.341 e. The molecule has 0 radical (unpaired) electrons. The van der Waals surface area contributed by atoms with Gasteiger partial charge in [0.2, 0.25) is 3.79 Å². The molecule has 1 heterocycles. The Morgan fingerprint density at radius 3 is 2.46 bits per heavy atom. The summed E-state index contributed by atoms with van der Waals surface area (Å²) in [5, 5.41) is 6.28. The molecule has 1 aliphatic rings. The second-order valence-corrected chi connectivity index (χ2v) is 9.84. The molecule has 2 N–H and O–H groups in total. The number of nitrogens with one attached hydrogen (secondary N) is 2. The van der Waals surface area contributed by atoms with Crippen LogP contribution in [0, 0.1) is 0 Å². The molecule has 0 bridgehead atoms. The van der Waals surface area contributed by atoms with Crippen LogP contribution in [0.25, 0.3) is 0 Å². The van der Waals surface area contributed by atoms with Gasteiger partial charge in [-0.05, 0) is 43.4 Å². The van der Waals surface area contributed by atoms with Crippen molar-refractivity contribution in [2.45, 2.75) is 35.6 Å².